The third-order valence-corrected chi connectivity index (χ3v) is 2.44. The van der Waals surface area contributed by atoms with Crippen LogP contribution in [-0.4, -0.2) is 22.4 Å². The van der Waals surface area contributed by atoms with Gasteiger partial charge in [-0.3, -0.25) is 20.2 Å². The van der Waals surface area contributed by atoms with Crippen LogP contribution in [0.3, 0.4) is 0 Å². The van der Waals surface area contributed by atoms with Crippen LogP contribution in [0.5, 0.6) is 0 Å². The molecule has 0 spiro atoms. The van der Waals surface area contributed by atoms with Crippen LogP contribution in [0.1, 0.15) is 12.5 Å². The second-order valence-electron chi connectivity index (χ2n) is 3.83. The van der Waals surface area contributed by atoms with E-state index in [9.17, 15) is 25.0 Å². The Bertz CT molecular complexity index is 581. The molecule has 0 aliphatic carbocycles. The minimum atomic E-state index is -0.735. The maximum atomic E-state index is 11.4. The molecule has 0 bridgehead atoms. The molecule has 106 valence electrons. The molecule has 0 amide bonds. The standard InChI is InChI=1S/C12H12N2O6/c1-3-20-12(15)8(2)6-9-4-5-10(13(16)17)7-11(9)14(18)19/h4-5,7H,2-3,6H2,1H3. The average molecular weight is 280 g/mol. The van der Waals surface area contributed by atoms with Gasteiger partial charge in [0.2, 0.25) is 0 Å². The molecule has 0 N–H and O–H groups in total. The fourth-order valence-electron chi connectivity index (χ4n) is 1.52. The number of hydrogen-bond acceptors (Lipinski definition) is 6. The van der Waals surface area contributed by atoms with Gasteiger partial charge < -0.3 is 4.74 Å². The number of non-ortho nitro benzene ring substituents is 1. The van der Waals surface area contributed by atoms with E-state index in [2.05, 4.69) is 6.58 Å². The quantitative estimate of drug-likeness (QED) is 0.341. The number of carbonyl (C=O) groups is 1. The number of hydrogen-bond donors (Lipinski definition) is 0. The Morgan fingerprint density at radius 2 is 1.95 bits per heavy atom. The zero-order valence-electron chi connectivity index (χ0n) is 10.7. The molecule has 0 fully saturated rings. The number of ether oxygens (including phenoxy) is 1. The van der Waals surface area contributed by atoms with Crippen molar-refractivity contribution < 1.29 is 19.4 Å². The van der Waals surface area contributed by atoms with E-state index >= 15 is 0 Å². The first-order chi connectivity index (χ1) is 9.36. The van der Waals surface area contributed by atoms with Gasteiger partial charge in [0.05, 0.1) is 22.5 Å². The molecule has 0 aliphatic rings. The molecule has 0 radical (unpaired) electrons. The van der Waals surface area contributed by atoms with Crippen molar-refractivity contribution in [3.63, 3.8) is 0 Å². The van der Waals surface area contributed by atoms with Crippen LogP contribution >= 0.6 is 0 Å². The number of rotatable bonds is 6. The molecular formula is C12H12N2O6. The molecule has 0 aromatic heterocycles. The Balaban J connectivity index is 3.06. The lowest BCUT2D eigenvalue weighted by Crippen LogP contribution is -2.09. The molecule has 0 unspecified atom stereocenters. The van der Waals surface area contributed by atoms with Crippen LogP contribution in [-0.2, 0) is 16.0 Å². The predicted molar refractivity (Wildman–Crippen MR) is 69.2 cm³/mol. The largest absolute Gasteiger partial charge is 0.463 e. The lowest BCUT2D eigenvalue weighted by molar-refractivity contribution is -0.394. The molecule has 0 aliphatic heterocycles. The number of nitro benzene ring substituents is 2. The summed E-state index contributed by atoms with van der Waals surface area (Å²) in [7, 11) is 0. The number of benzene rings is 1. The van der Waals surface area contributed by atoms with Crippen molar-refractivity contribution in [2.24, 2.45) is 0 Å². The highest BCUT2D eigenvalue weighted by molar-refractivity contribution is 5.88. The number of nitro groups is 2. The Morgan fingerprint density at radius 3 is 2.45 bits per heavy atom. The Hall–Kier alpha value is -2.77. The number of nitrogens with zero attached hydrogens (tertiary/aromatic N) is 2. The Morgan fingerprint density at radius 1 is 1.30 bits per heavy atom. The smallest absolute Gasteiger partial charge is 0.333 e. The maximum Gasteiger partial charge on any atom is 0.333 e. The van der Waals surface area contributed by atoms with E-state index in [0.717, 1.165) is 12.1 Å². The van der Waals surface area contributed by atoms with Crippen LogP contribution in [0, 0.1) is 20.2 Å². The SMILES string of the molecule is C=C(Cc1ccc([N+](=O)[O-])cc1[N+](=O)[O-])C(=O)OCC. The van der Waals surface area contributed by atoms with E-state index in [4.69, 9.17) is 4.74 Å². The van der Waals surface area contributed by atoms with E-state index in [1.807, 2.05) is 0 Å². The highest BCUT2D eigenvalue weighted by Gasteiger charge is 2.21. The summed E-state index contributed by atoms with van der Waals surface area (Å²) in [5.74, 6) is -0.653. The van der Waals surface area contributed by atoms with E-state index in [-0.39, 0.29) is 29.9 Å². The molecule has 0 saturated carbocycles. The average Bonchev–Trinajstić information content (AvgIpc) is 2.38. The van der Waals surface area contributed by atoms with Crippen molar-refractivity contribution >= 4 is 17.3 Å². The normalized spacial score (nSPS) is 9.85. The minimum Gasteiger partial charge on any atom is -0.463 e. The van der Waals surface area contributed by atoms with Crippen molar-refractivity contribution in [3.8, 4) is 0 Å². The van der Waals surface area contributed by atoms with Crippen LogP contribution in [0.15, 0.2) is 30.4 Å². The first kappa shape index (κ1) is 15.3. The molecule has 1 aromatic rings. The van der Waals surface area contributed by atoms with E-state index in [1.54, 1.807) is 6.92 Å². The van der Waals surface area contributed by atoms with Gasteiger partial charge in [0, 0.05) is 23.6 Å². The van der Waals surface area contributed by atoms with Crippen molar-refractivity contribution in [2.75, 3.05) is 6.61 Å². The fourth-order valence-corrected chi connectivity index (χ4v) is 1.52. The first-order valence-corrected chi connectivity index (χ1v) is 5.63. The summed E-state index contributed by atoms with van der Waals surface area (Å²) in [5, 5.41) is 21.5. The lowest BCUT2D eigenvalue weighted by atomic mass is 10.0. The molecule has 20 heavy (non-hydrogen) atoms. The number of carbonyl (C=O) groups excluding carboxylic acids is 1. The van der Waals surface area contributed by atoms with Gasteiger partial charge in [-0.05, 0) is 13.0 Å². The summed E-state index contributed by atoms with van der Waals surface area (Å²) < 4.78 is 4.72. The van der Waals surface area contributed by atoms with Gasteiger partial charge in [-0.15, -0.1) is 0 Å². The number of esters is 1. The lowest BCUT2D eigenvalue weighted by Gasteiger charge is -2.06. The third-order valence-electron chi connectivity index (χ3n) is 2.44. The second kappa shape index (κ2) is 6.41. The Labute approximate surface area is 114 Å². The zero-order chi connectivity index (χ0) is 15.3. The van der Waals surface area contributed by atoms with Crippen LogP contribution in [0.25, 0.3) is 0 Å². The van der Waals surface area contributed by atoms with E-state index < -0.39 is 21.5 Å². The third kappa shape index (κ3) is 3.61. The van der Waals surface area contributed by atoms with Gasteiger partial charge >= 0.3 is 5.97 Å². The summed E-state index contributed by atoms with van der Waals surface area (Å²) in [6.07, 6.45) is -0.104. The zero-order valence-corrected chi connectivity index (χ0v) is 10.7. The van der Waals surface area contributed by atoms with Crippen LogP contribution in [0.2, 0.25) is 0 Å². The van der Waals surface area contributed by atoms with Gasteiger partial charge in [0.15, 0.2) is 0 Å². The van der Waals surface area contributed by atoms with Crippen LogP contribution < -0.4 is 0 Å². The maximum absolute atomic E-state index is 11.4. The van der Waals surface area contributed by atoms with Gasteiger partial charge in [0.25, 0.3) is 11.4 Å². The van der Waals surface area contributed by atoms with Crippen molar-refractivity contribution in [1.82, 2.24) is 0 Å². The Kier molecular flexibility index (Phi) is 4.90. The molecule has 1 rings (SSSR count). The second-order valence-corrected chi connectivity index (χ2v) is 3.83. The van der Waals surface area contributed by atoms with E-state index in [0.29, 0.717) is 0 Å². The molecular weight excluding hydrogens is 268 g/mol. The molecule has 0 heterocycles. The van der Waals surface area contributed by atoms with Crippen molar-refractivity contribution in [1.29, 1.82) is 0 Å². The van der Waals surface area contributed by atoms with Crippen LogP contribution in [0.4, 0.5) is 11.4 Å². The molecule has 1 aromatic carbocycles. The van der Waals surface area contributed by atoms with Gasteiger partial charge in [0.1, 0.15) is 0 Å². The molecule has 0 saturated heterocycles. The summed E-state index contributed by atoms with van der Waals surface area (Å²) in [6, 6.07) is 3.23. The van der Waals surface area contributed by atoms with Gasteiger partial charge in [-0.2, -0.15) is 0 Å². The van der Waals surface area contributed by atoms with Crippen molar-refractivity contribution in [3.05, 3.63) is 56.1 Å². The van der Waals surface area contributed by atoms with Crippen molar-refractivity contribution in [2.45, 2.75) is 13.3 Å². The molecule has 8 heteroatoms. The summed E-state index contributed by atoms with van der Waals surface area (Å²) in [6.45, 7) is 5.29. The topological polar surface area (TPSA) is 113 Å². The summed E-state index contributed by atoms with van der Waals surface area (Å²) >= 11 is 0. The minimum absolute atomic E-state index is 0.0452. The van der Waals surface area contributed by atoms with Gasteiger partial charge in [-0.1, -0.05) is 6.58 Å². The van der Waals surface area contributed by atoms with E-state index in [1.165, 1.54) is 6.07 Å². The summed E-state index contributed by atoms with van der Waals surface area (Å²) in [4.78, 5) is 31.4. The summed E-state index contributed by atoms with van der Waals surface area (Å²) in [5.41, 5.74) is -0.602. The predicted octanol–water partition coefficient (Wildman–Crippen LogP) is 2.16. The highest BCUT2D eigenvalue weighted by atomic mass is 16.6. The first-order valence-electron chi connectivity index (χ1n) is 5.63. The highest BCUT2D eigenvalue weighted by Crippen LogP contribution is 2.26. The molecule has 0 atom stereocenters. The fraction of sp³-hybridized carbons (Fsp3) is 0.250. The monoisotopic (exact) mass is 280 g/mol. The van der Waals surface area contributed by atoms with Gasteiger partial charge in [-0.25, -0.2) is 4.79 Å². The molecule has 8 nitrogen and oxygen atoms in total.